The van der Waals surface area contributed by atoms with Gasteiger partial charge in [-0.1, -0.05) is 17.7 Å². The smallest absolute Gasteiger partial charge is 0.352 e. The second kappa shape index (κ2) is 4.31. The molecule has 0 fully saturated rings. The van der Waals surface area contributed by atoms with Crippen molar-refractivity contribution >= 4 is 39.0 Å². The SMILES string of the molecule is CCOC(=O)c1sc2cccc(Cl)c2c1O. The molecule has 3 nitrogen and oxygen atoms in total. The Kier molecular flexibility index (Phi) is 3.03. The van der Waals surface area contributed by atoms with E-state index in [1.807, 2.05) is 0 Å². The van der Waals surface area contributed by atoms with Gasteiger partial charge in [-0.3, -0.25) is 0 Å². The van der Waals surface area contributed by atoms with Crippen LogP contribution in [0.15, 0.2) is 18.2 Å². The molecule has 16 heavy (non-hydrogen) atoms. The summed E-state index contributed by atoms with van der Waals surface area (Å²) in [5, 5.41) is 10.8. The van der Waals surface area contributed by atoms with Crippen LogP contribution in [0.5, 0.6) is 5.75 Å². The Balaban J connectivity index is 2.61. The van der Waals surface area contributed by atoms with E-state index in [0.717, 1.165) is 4.70 Å². The van der Waals surface area contributed by atoms with Crippen molar-refractivity contribution in [3.63, 3.8) is 0 Å². The molecule has 2 rings (SSSR count). The van der Waals surface area contributed by atoms with Crippen molar-refractivity contribution < 1.29 is 14.6 Å². The van der Waals surface area contributed by atoms with Gasteiger partial charge in [-0.15, -0.1) is 11.3 Å². The summed E-state index contributed by atoms with van der Waals surface area (Å²) in [5.41, 5.74) is 0. The molecule has 1 aromatic heterocycles. The minimum Gasteiger partial charge on any atom is -0.505 e. The predicted molar refractivity (Wildman–Crippen MR) is 64.5 cm³/mol. The number of hydrogen-bond acceptors (Lipinski definition) is 4. The van der Waals surface area contributed by atoms with E-state index in [0.29, 0.717) is 10.4 Å². The lowest BCUT2D eigenvalue weighted by Crippen LogP contribution is -2.01. The summed E-state index contributed by atoms with van der Waals surface area (Å²) in [7, 11) is 0. The molecule has 2 aromatic rings. The lowest BCUT2D eigenvalue weighted by Gasteiger charge is -1.98. The summed E-state index contributed by atoms with van der Waals surface area (Å²) in [6, 6.07) is 5.25. The van der Waals surface area contributed by atoms with E-state index in [4.69, 9.17) is 16.3 Å². The monoisotopic (exact) mass is 256 g/mol. The standard InChI is InChI=1S/C11H9ClO3S/c1-2-15-11(14)10-9(13)8-6(12)4-3-5-7(8)16-10/h3-5,13H,2H2,1H3. The van der Waals surface area contributed by atoms with E-state index in [9.17, 15) is 9.90 Å². The van der Waals surface area contributed by atoms with Gasteiger partial charge < -0.3 is 9.84 Å². The summed E-state index contributed by atoms with van der Waals surface area (Å²) >= 11 is 7.13. The fourth-order valence-electron chi connectivity index (χ4n) is 1.43. The first kappa shape index (κ1) is 11.2. The number of fused-ring (bicyclic) bond motifs is 1. The molecule has 1 heterocycles. The van der Waals surface area contributed by atoms with Gasteiger partial charge in [-0.05, 0) is 19.1 Å². The van der Waals surface area contributed by atoms with Crippen molar-refractivity contribution in [2.75, 3.05) is 6.61 Å². The number of aromatic hydroxyl groups is 1. The molecule has 0 saturated heterocycles. The fourth-order valence-corrected chi connectivity index (χ4v) is 2.76. The van der Waals surface area contributed by atoms with Crippen LogP contribution in [-0.2, 0) is 4.74 Å². The average Bonchev–Trinajstić information content (AvgIpc) is 2.58. The zero-order valence-corrected chi connectivity index (χ0v) is 10.1. The van der Waals surface area contributed by atoms with Crippen molar-refractivity contribution in [2.24, 2.45) is 0 Å². The Hall–Kier alpha value is -1.26. The van der Waals surface area contributed by atoms with Gasteiger partial charge in [-0.25, -0.2) is 4.79 Å². The van der Waals surface area contributed by atoms with Gasteiger partial charge in [0.2, 0.25) is 0 Å². The third-order valence-corrected chi connectivity index (χ3v) is 3.54. The first-order valence-corrected chi connectivity index (χ1v) is 5.91. The molecule has 0 aliphatic carbocycles. The molecule has 0 aliphatic rings. The molecular formula is C11H9ClO3S. The zero-order valence-electron chi connectivity index (χ0n) is 8.49. The molecule has 0 bridgehead atoms. The molecule has 0 unspecified atom stereocenters. The minimum absolute atomic E-state index is 0.0935. The van der Waals surface area contributed by atoms with Crippen LogP contribution >= 0.6 is 22.9 Å². The first-order valence-electron chi connectivity index (χ1n) is 4.72. The van der Waals surface area contributed by atoms with Crippen LogP contribution in [0.3, 0.4) is 0 Å². The highest BCUT2D eigenvalue weighted by atomic mass is 35.5. The van der Waals surface area contributed by atoms with Crippen molar-refractivity contribution in [1.29, 1.82) is 0 Å². The van der Waals surface area contributed by atoms with E-state index in [-0.39, 0.29) is 17.2 Å². The quantitative estimate of drug-likeness (QED) is 0.838. The Bertz CT molecular complexity index is 547. The van der Waals surface area contributed by atoms with Crippen LogP contribution in [0.1, 0.15) is 16.6 Å². The number of rotatable bonds is 2. The number of halogens is 1. The molecule has 1 N–H and O–H groups in total. The molecule has 0 spiro atoms. The Morgan fingerprint density at radius 1 is 1.56 bits per heavy atom. The maximum absolute atomic E-state index is 11.5. The fraction of sp³-hybridized carbons (Fsp3) is 0.182. The van der Waals surface area contributed by atoms with Gasteiger partial charge in [-0.2, -0.15) is 0 Å². The largest absolute Gasteiger partial charge is 0.505 e. The number of ether oxygens (including phenoxy) is 1. The van der Waals surface area contributed by atoms with Gasteiger partial charge in [0.1, 0.15) is 5.75 Å². The second-order valence-corrected chi connectivity index (χ2v) is 4.57. The molecule has 0 saturated carbocycles. The molecule has 0 radical (unpaired) electrons. The third-order valence-electron chi connectivity index (χ3n) is 2.10. The summed E-state index contributed by atoms with van der Waals surface area (Å²) in [4.78, 5) is 11.7. The van der Waals surface area contributed by atoms with Gasteiger partial charge in [0.25, 0.3) is 0 Å². The van der Waals surface area contributed by atoms with E-state index in [1.165, 1.54) is 11.3 Å². The van der Waals surface area contributed by atoms with Crippen LogP contribution in [0, 0.1) is 0 Å². The Labute approximate surface area is 101 Å². The van der Waals surface area contributed by atoms with E-state index in [2.05, 4.69) is 0 Å². The minimum atomic E-state index is -0.516. The highest BCUT2D eigenvalue weighted by molar-refractivity contribution is 7.21. The third kappa shape index (κ3) is 1.74. The average molecular weight is 257 g/mol. The summed E-state index contributed by atoms with van der Waals surface area (Å²) in [6.45, 7) is 2.00. The van der Waals surface area contributed by atoms with E-state index < -0.39 is 5.97 Å². The molecule has 0 atom stereocenters. The molecule has 5 heteroatoms. The van der Waals surface area contributed by atoms with Gasteiger partial charge in [0.05, 0.1) is 17.0 Å². The summed E-state index contributed by atoms with van der Waals surface area (Å²) in [6.07, 6.45) is 0. The van der Waals surface area contributed by atoms with Crippen molar-refractivity contribution in [3.05, 3.63) is 28.1 Å². The zero-order chi connectivity index (χ0) is 11.7. The Morgan fingerprint density at radius 3 is 2.94 bits per heavy atom. The van der Waals surface area contributed by atoms with E-state index in [1.54, 1.807) is 25.1 Å². The lowest BCUT2D eigenvalue weighted by atomic mass is 10.2. The summed E-state index contributed by atoms with van der Waals surface area (Å²) < 4.78 is 5.62. The first-order chi connectivity index (χ1) is 7.65. The van der Waals surface area contributed by atoms with Crippen molar-refractivity contribution in [1.82, 2.24) is 0 Å². The van der Waals surface area contributed by atoms with Gasteiger partial charge in [0, 0.05) is 4.70 Å². The molecule has 84 valence electrons. The second-order valence-electron chi connectivity index (χ2n) is 3.11. The van der Waals surface area contributed by atoms with Crippen LogP contribution in [0.25, 0.3) is 10.1 Å². The lowest BCUT2D eigenvalue weighted by molar-refractivity contribution is 0.0529. The summed E-state index contributed by atoms with van der Waals surface area (Å²) in [5.74, 6) is -0.610. The topological polar surface area (TPSA) is 46.5 Å². The molecule has 1 aromatic carbocycles. The number of carbonyl (C=O) groups is 1. The predicted octanol–water partition coefficient (Wildman–Crippen LogP) is 3.44. The van der Waals surface area contributed by atoms with Crippen molar-refractivity contribution in [2.45, 2.75) is 6.92 Å². The van der Waals surface area contributed by atoms with Gasteiger partial charge in [0.15, 0.2) is 4.88 Å². The van der Waals surface area contributed by atoms with Crippen LogP contribution in [-0.4, -0.2) is 17.7 Å². The normalized spacial score (nSPS) is 10.6. The number of thiophene rings is 1. The number of esters is 1. The number of carbonyl (C=O) groups excluding carboxylic acids is 1. The maximum atomic E-state index is 11.5. The van der Waals surface area contributed by atoms with Crippen LogP contribution < -0.4 is 0 Å². The van der Waals surface area contributed by atoms with E-state index >= 15 is 0 Å². The van der Waals surface area contributed by atoms with Crippen LogP contribution in [0.4, 0.5) is 0 Å². The number of hydrogen-bond donors (Lipinski definition) is 1. The molecule has 0 amide bonds. The Morgan fingerprint density at radius 2 is 2.31 bits per heavy atom. The maximum Gasteiger partial charge on any atom is 0.352 e. The highest BCUT2D eigenvalue weighted by Crippen LogP contribution is 2.40. The van der Waals surface area contributed by atoms with Crippen molar-refractivity contribution in [3.8, 4) is 5.75 Å². The molecular weight excluding hydrogens is 248 g/mol. The van der Waals surface area contributed by atoms with Crippen LogP contribution in [0.2, 0.25) is 5.02 Å². The van der Waals surface area contributed by atoms with Gasteiger partial charge >= 0.3 is 5.97 Å². The molecule has 0 aliphatic heterocycles. The number of benzene rings is 1. The highest BCUT2D eigenvalue weighted by Gasteiger charge is 2.20.